The molecule has 0 saturated carbocycles. The van der Waals surface area contributed by atoms with Crippen molar-refractivity contribution in [2.24, 2.45) is 0 Å². The maximum Gasteiger partial charge on any atom is 0.325 e. The number of rotatable bonds is 3. The molecule has 0 fully saturated rings. The summed E-state index contributed by atoms with van der Waals surface area (Å²) >= 11 is 4.12. The molecule has 0 aromatic heterocycles. The van der Waals surface area contributed by atoms with Crippen molar-refractivity contribution in [3.8, 4) is 0 Å². The lowest BCUT2D eigenvalue weighted by molar-refractivity contribution is -0.139. The van der Waals surface area contributed by atoms with Gasteiger partial charge in [-0.15, -0.1) is 12.6 Å². The second-order valence-corrected chi connectivity index (χ2v) is 3.36. The van der Waals surface area contributed by atoms with E-state index in [1.54, 1.807) is 25.2 Å². The molecular formula is C9H12N2O2S. The first-order chi connectivity index (χ1) is 6.56. The summed E-state index contributed by atoms with van der Waals surface area (Å²) in [4.78, 5) is 11.4. The number of carboxylic acid groups (broad SMARTS) is 1. The Morgan fingerprint density at radius 3 is 2.71 bits per heavy atom. The van der Waals surface area contributed by atoms with Crippen molar-refractivity contribution < 1.29 is 9.90 Å². The summed E-state index contributed by atoms with van der Waals surface area (Å²) in [7, 11) is 1.59. The highest BCUT2D eigenvalue weighted by atomic mass is 32.1. The van der Waals surface area contributed by atoms with Crippen molar-refractivity contribution in [2.45, 2.75) is 10.9 Å². The lowest BCUT2D eigenvalue weighted by atomic mass is 10.1. The van der Waals surface area contributed by atoms with E-state index >= 15 is 0 Å². The summed E-state index contributed by atoms with van der Waals surface area (Å²) in [6.45, 7) is 0. The van der Waals surface area contributed by atoms with E-state index in [0.29, 0.717) is 16.1 Å². The van der Waals surface area contributed by atoms with Crippen LogP contribution in [-0.4, -0.2) is 18.1 Å². The van der Waals surface area contributed by atoms with Gasteiger partial charge < -0.3 is 16.2 Å². The number of aliphatic carboxylic acids is 1. The van der Waals surface area contributed by atoms with Crippen LogP contribution in [0.25, 0.3) is 0 Å². The van der Waals surface area contributed by atoms with Gasteiger partial charge in [0.2, 0.25) is 0 Å². The molecule has 1 atom stereocenters. The fourth-order valence-corrected chi connectivity index (χ4v) is 1.40. The van der Waals surface area contributed by atoms with Gasteiger partial charge in [-0.25, -0.2) is 0 Å². The molecule has 0 saturated heterocycles. The molecule has 0 aliphatic heterocycles. The Bertz CT molecular complexity index is 355. The van der Waals surface area contributed by atoms with Gasteiger partial charge in [0.1, 0.15) is 6.04 Å². The predicted octanol–water partition coefficient (Wildman–Crippen LogP) is 0.903. The van der Waals surface area contributed by atoms with Crippen molar-refractivity contribution in [1.82, 2.24) is 5.32 Å². The highest BCUT2D eigenvalue weighted by molar-refractivity contribution is 7.80. The van der Waals surface area contributed by atoms with E-state index in [1.807, 2.05) is 0 Å². The molecule has 0 radical (unpaired) electrons. The largest absolute Gasteiger partial charge is 0.480 e. The Morgan fingerprint density at radius 2 is 2.29 bits per heavy atom. The quantitative estimate of drug-likeness (QED) is 0.443. The molecule has 0 aliphatic carbocycles. The minimum absolute atomic E-state index is 0.539. The third-order valence-electron chi connectivity index (χ3n) is 1.92. The number of carboxylic acids is 1. The van der Waals surface area contributed by atoms with Crippen LogP contribution in [0.15, 0.2) is 23.1 Å². The van der Waals surface area contributed by atoms with E-state index in [1.165, 1.54) is 0 Å². The third kappa shape index (κ3) is 2.18. The van der Waals surface area contributed by atoms with Gasteiger partial charge in [0.15, 0.2) is 0 Å². The number of nitrogen functional groups attached to an aromatic ring is 1. The van der Waals surface area contributed by atoms with E-state index in [0.717, 1.165) is 0 Å². The number of anilines is 1. The first kappa shape index (κ1) is 10.9. The summed E-state index contributed by atoms with van der Waals surface area (Å²) in [5.74, 6) is -0.926. The number of likely N-dealkylation sites (N-methyl/N-ethyl adjacent to an activating group) is 1. The van der Waals surface area contributed by atoms with Crippen molar-refractivity contribution in [2.75, 3.05) is 12.8 Å². The molecule has 14 heavy (non-hydrogen) atoms. The topological polar surface area (TPSA) is 75.3 Å². The molecular weight excluding hydrogens is 200 g/mol. The Kier molecular flexibility index (Phi) is 3.38. The van der Waals surface area contributed by atoms with Crippen LogP contribution in [0.3, 0.4) is 0 Å². The molecule has 1 aromatic carbocycles. The molecule has 0 amide bonds. The van der Waals surface area contributed by atoms with Gasteiger partial charge >= 0.3 is 5.97 Å². The molecule has 0 aliphatic rings. The normalized spacial score (nSPS) is 12.4. The second kappa shape index (κ2) is 4.34. The van der Waals surface area contributed by atoms with E-state index in [4.69, 9.17) is 10.8 Å². The van der Waals surface area contributed by atoms with Crippen LogP contribution >= 0.6 is 12.6 Å². The highest BCUT2D eigenvalue weighted by Gasteiger charge is 2.17. The minimum atomic E-state index is -0.926. The molecule has 76 valence electrons. The number of carbonyl (C=O) groups is 1. The van der Waals surface area contributed by atoms with Crippen LogP contribution in [0, 0.1) is 0 Å². The Balaban J connectivity index is 3.06. The maximum atomic E-state index is 10.8. The lowest BCUT2D eigenvalue weighted by Gasteiger charge is -2.12. The third-order valence-corrected chi connectivity index (χ3v) is 2.31. The first-order valence-electron chi connectivity index (χ1n) is 4.04. The highest BCUT2D eigenvalue weighted by Crippen LogP contribution is 2.22. The predicted molar refractivity (Wildman–Crippen MR) is 57.5 cm³/mol. The van der Waals surface area contributed by atoms with Crippen molar-refractivity contribution >= 4 is 24.3 Å². The van der Waals surface area contributed by atoms with Gasteiger partial charge in [-0.05, 0) is 24.7 Å². The molecule has 1 rings (SSSR count). The van der Waals surface area contributed by atoms with E-state index in [-0.39, 0.29) is 0 Å². The Hall–Kier alpha value is -1.20. The average molecular weight is 212 g/mol. The number of thiol groups is 1. The number of benzene rings is 1. The zero-order chi connectivity index (χ0) is 10.7. The maximum absolute atomic E-state index is 10.8. The molecule has 0 bridgehead atoms. The first-order valence-corrected chi connectivity index (χ1v) is 4.49. The summed E-state index contributed by atoms with van der Waals surface area (Å²) in [5, 5.41) is 11.6. The van der Waals surface area contributed by atoms with Crippen molar-refractivity contribution in [3.63, 3.8) is 0 Å². The van der Waals surface area contributed by atoms with Gasteiger partial charge in [-0.2, -0.15) is 0 Å². The van der Waals surface area contributed by atoms with Crippen LogP contribution in [0.2, 0.25) is 0 Å². The van der Waals surface area contributed by atoms with Gasteiger partial charge in [-0.3, -0.25) is 4.79 Å². The Morgan fingerprint density at radius 1 is 1.64 bits per heavy atom. The van der Waals surface area contributed by atoms with Gasteiger partial charge in [0, 0.05) is 10.6 Å². The van der Waals surface area contributed by atoms with Crippen LogP contribution in [-0.2, 0) is 4.79 Å². The molecule has 5 heteroatoms. The molecule has 4 N–H and O–H groups in total. The zero-order valence-corrected chi connectivity index (χ0v) is 8.58. The fraction of sp³-hybridized carbons (Fsp3) is 0.222. The van der Waals surface area contributed by atoms with Crippen LogP contribution in [0.5, 0.6) is 0 Å². The molecule has 1 unspecified atom stereocenters. The average Bonchev–Trinajstić information content (AvgIpc) is 2.11. The monoisotopic (exact) mass is 212 g/mol. The lowest BCUT2D eigenvalue weighted by Crippen LogP contribution is -2.24. The Labute approximate surface area is 87.5 Å². The number of hydrogen-bond donors (Lipinski definition) is 4. The summed E-state index contributed by atoms with van der Waals surface area (Å²) < 4.78 is 0. The van der Waals surface area contributed by atoms with E-state index < -0.39 is 12.0 Å². The van der Waals surface area contributed by atoms with Crippen LogP contribution in [0.4, 0.5) is 5.69 Å². The molecule has 0 heterocycles. The zero-order valence-electron chi connectivity index (χ0n) is 7.69. The smallest absolute Gasteiger partial charge is 0.325 e. The number of hydrogen-bond acceptors (Lipinski definition) is 4. The van der Waals surface area contributed by atoms with Gasteiger partial charge in [0.25, 0.3) is 0 Å². The standard InChI is InChI=1S/C9H12N2O2S/c1-11-8(9(12)13)5-2-3-6(10)7(14)4-5/h2-4,8,11,14H,10H2,1H3,(H,12,13). The summed E-state index contributed by atoms with van der Waals surface area (Å²) in [6.07, 6.45) is 0. The molecule has 4 nitrogen and oxygen atoms in total. The number of nitrogens with two attached hydrogens (primary N) is 1. The van der Waals surface area contributed by atoms with Crippen molar-refractivity contribution in [3.05, 3.63) is 23.8 Å². The van der Waals surface area contributed by atoms with Gasteiger partial charge in [0.05, 0.1) is 0 Å². The fourth-order valence-electron chi connectivity index (χ4n) is 1.17. The summed E-state index contributed by atoms with van der Waals surface area (Å²) in [6, 6.07) is 4.24. The van der Waals surface area contributed by atoms with Gasteiger partial charge in [-0.1, -0.05) is 6.07 Å². The van der Waals surface area contributed by atoms with Crippen LogP contribution < -0.4 is 11.1 Å². The molecule has 1 aromatic rings. The minimum Gasteiger partial charge on any atom is -0.480 e. The molecule has 0 spiro atoms. The van der Waals surface area contributed by atoms with Crippen LogP contribution in [0.1, 0.15) is 11.6 Å². The van der Waals surface area contributed by atoms with Crippen molar-refractivity contribution in [1.29, 1.82) is 0 Å². The SMILES string of the molecule is CNC(C(=O)O)c1ccc(N)c(S)c1. The van der Waals surface area contributed by atoms with E-state index in [2.05, 4.69) is 17.9 Å². The number of nitrogens with one attached hydrogen (secondary N) is 1. The van der Waals surface area contributed by atoms with E-state index in [9.17, 15) is 4.79 Å². The second-order valence-electron chi connectivity index (χ2n) is 2.88. The summed E-state index contributed by atoms with van der Waals surface area (Å²) in [5.41, 5.74) is 6.74.